The van der Waals surface area contributed by atoms with Crippen molar-refractivity contribution in [2.24, 2.45) is 0 Å². The lowest BCUT2D eigenvalue weighted by atomic mass is 9.92. The Morgan fingerprint density at radius 1 is 1.00 bits per heavy atom. The molecule has 35 heavy (non-hydrogen) atoms. The maximum atomic E-state index is 13.5. The molecular formula is C27H25N5O3. The Hall–Kier alpha value is -4.46. The van der Waals surface area contributed by atoms with Crippen molar-refractivity contribution < 1.29 is 13.9 Å². The van der Waals surface area contributed by atoms with E-state index in [2.05, 4.69) is 41.2 Å². The molecule has 2 aromatic carbocycles. The number of nitrogens with zero attached hydrogens (tertiary/aromatic N) is 4. The molecule has 1 amide bonds. The number of furan rings is 1. The lowest BCUT2D eigenvalue weighted by molar-refractivity contribution is 0.0994. The smallest absolute Gasteiger partial charge is 0.292 e. The summed E-state index contributed by atoms with van der Waals surface area (Å²) >= 11 is 0. The predicted octanol–water partition coefficient (Wildman–Crippen LogP) is 5.54. The molecule has 0 unspecified atom stereocenters. The second kappa shape index (κ2) is 9.06. The maximum Gasteiger partial charge on any atom is 0.292 e. The van der Waals surface area contributed by atoms with Crippen molar-refractivity contribution in [3.05, 3.63) is 96.1 Å². The van der Waals surface area contributed by atoms with Gasteiger partial charge in [-0.1, -0.05) is 57.2 Å². The third-order valence-electron chi connectivity index (χ3n) is 5.49. The SMILES string of the molecule is CC(C)(C)c1cc(NC(=O)c2oc3ccccc3c2COc2ccccc2)n(-c2ncccn2)n1. The normalized spacial score (nSPS) is 11.5. The molecule has 0 saturated carbocycles. The van der Waals surface area contributed by atoms with Crippen LogP contribution in [0.15, 0.2) is 83.5 Å². The van der Waals surface area contributed by atoms with Crippen LogP contribution in [0.5, 0.6) is 5.75 Å². The molecule has 3 aromatic heterocycles. The van der Waals surface area contributed by atoms with Crippen LogP contribution in [0, 0.1) is 0 Å². The predicted molar refractivity (Wildman–Crippen MR) is 133 cm³/mol. The first-order valence-corrected chi connectivity index (χ1v) is 11.3. The second-order valence-corrected chi connectivity index (χ2v) is 9.09. The summed E-state index contributed by atoms with van der Waals surface area (Å²) < 4.78 is 13.5. The Morgan fingerprint density at radius 2 is 1.71 bits per heavy atom. The molecule has 0 atom stereocenters. The molecule has 0 radical (unpaired) electrons. The van der Waals surface area contributed by atoms with Gasteiger partial charge in [-0.25, -0.2) is 9.97 Å². The van der Waals surface area contributed by atoms with Crippen molar-refractivity contribution >= 4 is 22.7 Å². The van der Waals surface area contributed by atoms with Crippen LogP contribution in [-0.4, -0.2) is 25.7 Å². The number of anilines is 1. The summed E-state index contributed by atoms with van der Waals surface area (Å²) in [6.45, 7) is 6.33. The number of amides is 1. The van der Waals surface area contributed by atoms with Gasteiger partial charge in [-0.3, -0.25) is 4.79 Å². The van der Waals surface area contributed by atoms with Gasteiger partial charge in [0.25, 0.3) is 11.9 Å². The van der Waals surface area contributed by atoms with Gasteiger partial charge >= 0.3 is 0 Å². The highest BCUT2D eigenvalue weighted by atomic mass is 16.5. The maximum absolute atomic E-state index is 13.5. The van der Waals surface area contributed by atoms with E-state index >= 15 is 0 Å². The zero-order chi connectivity index (χ0) is 24.4. The van der Waals surface area contributed by atoms with E-state index in [0.717, 1.165) is 11.1 Å². The molecule has 5 rings (SSSR count). The Balaban J connectivity index is 1.51. The Kier molecular flexibility index (Phi) is 5.78. The summed E-state index contributed by atoms with van der Waals surface area (Å²) in [5.74, 6) is 1.28. The second-order valence-electron chi connectivity index (χ2n) is 9.09. The van der Waals surface area contributed by atoms with Gasteiger partial charge < -0.3 is 14.5 Å². The molecule has 0 fully saturated rings. The van der Waals surface area contributed by atoms with Gasteiger partial charge in [0.05, 0.1) is 5.69 Å². The van der Waals surface area contributed by atoms with Crippen molar-refractivity contribution in [2.75, 3.05) is 5.32 Å². The van der Waals surface area contributed by atoms with E-state index in [1.807, 2.05) is 60.7 Å². The highest BCUT2D eigenvalue weighted by molar-refractivity contribution is 6.06. The van der Waals surface area contributed by atoms with E-state index in [4.69, 9.17) is 9.15 Å². The number of nitrogens with one attached hydrogen (secondary N) is 1. The standard InChI is InChI=1S/C27H25N5O3/c1-27(2,3)22-16-23(32(31-22)26-28-14-9-15-29-26)30-25(33)24-20(17-34-18-10-5-4-6-11-18)19-12-7-8-13-21(19)35-24/h4-16H,17H2,1-3H3,(H,30,33). The number of rotatable bonds is 6. The summed E-state index contributed by atoms with van der Waals surface area (Å²) in [5.41, 5.74) is 1.82. The first-order chi connectivity index (χ1) is 16.9. The average Bonchev–Trinajstić information content (AvgIpc) is 3.46. The molecule has 0 aliphatic heterocycles. The number of hydrogen-bond acceptors (Lipinski definition) is 6. The number of para-hydroxylation sites is 2. The zero-order valence-corrected chi connectivity index (χ0v) is 19.7. The summed E-state index contributed by atoms with van der Waals surface area (Å²) in [6.07, 6.45) is 3.26. The molecule has 8 heteroatoms. The van der Waals surface area contributed by atoms with E-state index in [1.54, 1.807) is 18.5 Å². The van der Waals surface area contributed by atoms with E-state index in [9.17, 15) is 4.79 Å². The molecule has 3 heterocycles. The number of hydrogen-bond donors (Lipinski definition) is 1. The molecule has 0 bridgehead atoms. The topological polar surface area (TPSA) is 95.1 Å². The molecule has 5 aromatic rings. The average molecular weight is 468 g/mol. The van der Waals surface area contributed by atoms with Gasteiger partial charge in [0.2, 0.25) is 0 Å². The van der Waals surface area contributed by atoms with Gasteiger partial charge in [-0.15, -0.1) is 0 Å². The van der Waals surface area contributed by atoms with Gasteiger partial charge in [-0.2, -0.15) is 9.78 Å². The van der Waals surface area contributed by atoms with Gasteiger partial charge in [0.15, 0.2) is 5.76 Å². The minimum absolute atomic E-state index is 0.179. The Morgan fingerprint density at radius 3 is 2.46 bits per heavy atom. The van der Waals surface area contributed by atoms with Crippen molar-refractivity contribution in [1.82, 2.24) is 19.7 Å². The number of fused-ring (bicyclic) bond motifs is 1. The van der Waals surface area contributed by atoms with E-state index in [1.165, 1.54) is 4.68 Å². The lowest BCUT2D eigenvalue weighted by Crippen LogP contribution is -2.17. The van der Waals surface area contributed by atoms with Crippen LogP contribution in [0.2, 0.25) is 0 Å². The van der Waals surface area contributed by atoms with E-state index in [0.29, 0.717) is 28.7 Å². The van der Waals surface area contributed by atoms with Crippen molar-refractivity contribution in [3.63, 3.8) is 0 Å². The number of aromatic nitrogens is 4. The highest BCUT2D eigenvalue weighted by Crippen LogP contribution is 2.30. The zero-order valence-electron chi connectivity index (χ0n) is 19.7. The Labute approximate surface area is 202 Å². The minimum atomic E-state index is -0.412. The minimum Gasteiger partial charge on any atom is -0.489 e. The Bertz CT molecular complexity index is 1470. The molecule has 8 nitrogen and oxygen atoms in total. The van der Waals surface area contributed by atoms with Gasteiger partial charge in [0, 0.05) is 34.8 Å². The lowest BCUT2D eigenvalue weighted by Gasteiger charge is -2.13. The first kappa shape index (κ1) is 22.3. The summed E-state index contributed by atoms with van der Waals surface area (Å²) in [4.78, 5) is 22.1. The van der Waals surface area contributed by atoms with Crippen LogP contribution < -0.4 is 10.1 Å². The molecular weight excluding hydrogens is 442 g/mol. The van der Waals surface area contributed by atoms with Crippen molar-refractivity contribution in [3.8, 4) is 11.7 Å². The molecule has 0 saturated heterocycles. The quantitative estimate of drug-likeness (QED) is 0.352. The first-order valence-electron chi connectivity index (χ1n) is 11.3. The number of benzene rings is 2. The fraction of sp³-hybridized carbons (Fsp3) is 0.185. The summed E-state index contributed by atoms with van der Waals surface area (Å²) in [6, 6.07) is 20.5. The van der Waals surface area contributed by atoms with Crippen LogP contribution >= 0.6 is 0 Å². The van der Waals surface area contributed by atoms with Crippen LogP contribution in [-0.2, 0) is 12.0 Å². The summed E-state index contributed by atoms with van der Waals surface area (Å²) in [5, 5.41) is 8.43. The summed E-state index contributed by atoms with van der Waals surface area (Å²) in [7, 11) is 0. The van der Waals surface area contributed by atoms with Gasteiger partial charge in [-0.05, 0) is 24.3 Å². The molecule has 0 aliphatic carbocycles. The van der Waals surface area contributed by atoms with Crippen LogP contribution in [0.3, 0.4) is 0 Å². The fourth-order valence-corrected chi connectivity index (χ4v) is 3.66. The molecule has 1 N–H and O–H groups in total. The van der Waals surface area contributed by atoms with Crippen LogP contribution in [0.25, 0.3) is 16.9 Å². The molecule has 176 valence electrons. The van der Waals surface area contributed by atoms with E-state index < -0.39 is 5.91 Å². The number of ether oxygens (including phenoxy) is 1. The number of carbonyl (C=O) groups excluding carboxylic acids is 1. The van der Waals surface area contributed by atoms with Gasteiger partial charge in [0.1, 0.15) is 23.8 Å². The largest absolute Gasteiger partial charge is 0.489 e. The highest BCUT2D eigenvalue weighted by Gasteiger charge is 2.26. The third kappa shape index (κ3) is 4.63. The molecule has 0 spiro atoms. The monoisotopic (exact) mass is 467 g/mol. The van der Waals surface area contributed by atoms with Crippen LogP contribution in [0.4, 0.5) is 5.82 Å². The van der Waals surface area contributed by atoms with Crippen LogP contribution in [0.1, 0.15) is 42.6 Å². The third-order valence-corrected chi connectivity index (χ3v) is 5.49. The molecule has 0 aliphatic rings. The fourth-order valence-electron chi connectivity index (χ4n) is 3.66. The van der Waals surface area contributed by atoms with Crippen molar-refractivity contribution in [1.29, 1.82) is 0 Å². The van der Waals surface area contributed by atoms with Crippen molar-refractivity contribution in [2.45, 2.75) is 32.8 Å². The number of carbonyl (C=O) groups is 1. The van der Waals surface area contributed by atoms with E-state index in [-0.39, 0.29) is 17.8 Å².